The monoisotopic (exact) mass is 333 g/mol. The summed E-state index contributed by atoms with van der Waals surface area (Å²) < 4.78 is 1.39. The third-order valence-electron chi connectivity index (χ3n) is 4.42. The molecule has 0 unspecified atom stereocenters. The van der Waals surface area contributed by atoms with Crippen molar-refractivity contribution in [3.05, 3.63) is 76.2 Å². The summed E-state index contributed by atoms with van der Waals surface area (Å²) in [4.78, 5) is 40.7. The molecule has 1 atom stereocenters. The van der Waals surface area contributed by atoms with Crippen LogP contribution in [-0.2, 0) is 11.3 Å². The van der Waals surface area contributed by atoms with Gasteiger partial charge in [-0.1, -0.05) is 36.4 Å². The molecule has 1 N–H and O–H groups in total. The van der Waals surface area contributed by atoms with Crippen LogP contribution >= 0.6 is 0 Å². The van der Waals surface area contributed by atoms with Crippen molar-refractivity contribution in [2.45, 2.75) is 19.0 Å². The molecule has 0 saturated heterocycles. The quantitative estimate of drug-likeness (QED) is 0.793. The van der Waals surface area contributed by atoms with Gasteiger partial charge < -0.3 is 5.32 Å². The van der Waals surface area contributed by atoms with Crippen LogP contribution in [0.25, 0.3) is 11.0 Å². The number of para-hydroxylation sites is 2. The zero-order valence-electron chi connectivity index (χ0n) is 13.3. The second kappa shape index (κ2) is 5.98. The number of rotatable bonds is 3. The molecule has 124 valence electrons. The van der Waals surface area contributed by atoms with Crippen LogP contribution < -0.4 is 10.9 Å². The molecule has 25 heavy (non-hydrogen) atoms. The summed E-state index contributed by atoms with van der Waals surface area (Å²) in [6.07, 6.45) is 1.46. The Labute approximate surface area is 143 Å². The molecule has 6 nitrogen and oxygen atoms in total. The lowest BCUT2D eigenvalue weighted by molar-refractivity contribution is -0.122. The van der Waals surface area contributed by atoms with Crippen molar-refractivity contribution in [1.29, 1.82) is 0 Å². The summed E-state index contributed by atoms with van der Waals surface area (Å²) in [5.74, 6) is -0.291. The Morgan fingerprint density at radius 3 is 2.76 bits per heavy atom. The molecule has 1 aliphatic rings. The molecule has 0 radical (unpaired) electrons. The lowest BCUT2D eigenvalue weighted by Crippen LogP contribution is -2.34. The lowest BCUT2D eigenvalue weighted by Gasteiger charge is -2.15. The van der Waals surface area contributed by atoms with E-state index >= 15 is 0 Å². The second-order valence-electron chi connectivity index (χ2n) is 6.01. The predicted octanol–water partition coefficient (Wildman–Crippen LogP) is 1.84. The Balaban J connectivity index is 1.59. The van der Waals surface area contributed by atoms with Crippen LogP contribution in [0, 0.1) is 0 Å². The fourth-order valence-electron chi connectivity index (χ4n) is 3.25. The van der Waals surface area contributed by atoms with Crippen LogP contribution in [0.1, 0.15) is 28.4 Å². The van der Waals surface area contributed by atoms with Crippen LogP contribution in [-0.4, -0.2) is 21.2 Å². The van der Waals surface area contributed by atoms with Gasteiger partial charge in [0.1, 0.15) is 6.54 Å². The lowest BCUT2D eigenvalue weighted by atomic mass is 10.1. The van der Waals surface area contributed by atoms with E-state index in [-0.39, 0.29) is 36.3 Å². The first-order valence-corrected chi connectivity index (χ1v) is 7.99. The first kappa shape index (κ1) is 15.3. The molecule has 1 amide bonds. The summed E-state index contributed by atoms with van der Waals surface area (Å²) in [5, 5.41) is 2.87. The maximum Gasteiger partial charge on any atom is 0.269 e. The van der Waals surface area contributed by atoms with E-state index in [1.54, 1.807) is 24.3 Å². The van der Waals surface area contributed by atoms with E-state index in [0.717, 1.165) is 5.56 Å². The number of nitrogens with one attached hydrogen (secondary N) is 1. The van der Waals surface area contributed by atoms with E-state index in [1.807, 2.05) is 24.3 Å². The van der Waals surface area contributed by atoms with E-state index in [0.29, 0.717) is 16.6 Å². The van der Waals surface area contributed by atoms with Gasteiger partial charge in [-0.25, -0.2) is 4.98 Å². The standard InChI is InChI=1S/C19H15N3O3/c23-17-9-15(12-5-1-2-6-13(12)17)21-18(24)11-22-16-8-4-3-7-14(16)20-10-19(22)25/h1-8,10,15H,9,11H2,(H,21,24)/t15-/m0/s1. The van der Waals surface area contributed by atoms with E-state index in [1.165, 1.54) is 10.8 Å². The van der Waals surface area contributed by atoms with E-state index in [4.69, 9.17) is 0 Å². The van der Waals surface area contributed by atoms with Crippen molar-refractivity contribution < 1.29 is 9.59 Å². The van der Waals surface area contributed by atoms with E-state index in [9.17, 15) is 14.4 Å². The van der Waals surface area contributed by atoms with Crippen molar-refractivity contribution in [1.82, 2.24) is 14.9 Å². The van der Waals surface area contributed by atoms with Crippen LogP contribution in [0.2, 0.25) is 0 Å². The molecule has 2 aromatic carbocycles. The molecule has 0 fully saturated rings. The Morgan fingerprint density at radius 1 is 1.12 bits per heavy atom. The van der Waals surface area contributed by atoms with Gasteiger partial charge >= 0.3 is 0 Å². The van der Waals surface area contributed by atoms with E-state index in [2.05, 4.69) is 10.3 Å². The number of carbonyl (C=O) groups excluding carboxylic acids is 2. The Bertz CT molecular complexity index is 1050. The molecule has 6 heteroatoms. The fraction of sp³-hybridized carbons (Fsp3) is 0.158. The highest BCUT2D eigenvalue weighted by molar-refractivity contribution is 6.01. The highest BCUT2D eigenvalue weighted by atomic mass is 16.2. The van der Waals surface area contributed by atoms with Crippen LogP contribution in [0.15, 0.2) is 59.5 Å². The van der Waals surface area contributed by atoms with Gasteiger partial charge in [0.05, 0.1) is 23.3 Å². The summed E-state index contributed by atoms with van der Waals surface area (Å²) >= 11 is 0. The number of benzene rings is 2. The largest absolute Gasteiger partial charge is 0.347 e. The van der Waals surface area contributed by atoms with Gasteiger partial charge in [0.2, 0.25) is 5.91 Å². The highest BCUT2D eigenvalue weighted by Gasteiger charge is 2.29. The summed E-state index contributed by atoms with van der Waals surface area (Å²) in [5.41, 5.74) is 2.40. The number of ketones is 1. The van der Waals surface area contributed by atoms with Gasteiger partial charge in [-0.05, 0) is 17.7 Å². The number of fused-ring (bicyclic) bond motifs is 2. The molecule has 3 aromatic rings. The molecule has 4 rings (SSSR count). The zero-order valence-corrected chi connectivity index (χ0v) is 13.3. The van der Waals surface area contributed by atoms with Gasteiger partial charge in [0.25, 0.3) is 5.56 Å². The molecule has 0 bridgehead atoms. The van der Waals surface area contributed by atoms with Gasteiger partial charge in [-0.15, -0.1) is 0 Å². The van der Waals surface area contributed by atoms with E-state index < -0.39 is 0 Å². The van der Waals surface area contributed by atoms with Crippen LogP contribution in [0.3, 0.4) is 0 Å². The average Bonchev–Trinajstić information content (AvgIpc) is 2.94. The van der Waals surface area contributed by atoms with Gasteiger partial charge in [0.15, 0.2) is 5.78 Å². The minimum atomic E-state index is -0.347. The van der Waals surface area contributed by atoms with Gasteiger partial charge in [-0.3, -0.25) is 19.0 Å². The van der Waals surface area contributed by atoms with Crippen molar-refractivity contribution in [3.8, 4) is 0 Å². The molecule has 1 aliphatic carbocycles. The second-order valence-corrected chi connectivity index (χ2v) is 6.01. The Morgan fingerprint density at radius 2 is 1.88 bits per heavy atom. The molecular weight excluding hydrogens is 318 g/mol. The maximum atomic E-state index is 12.5. The maximum absolute atomic E-state index is 12.5. The number of amides is 1. The minimum Gasteiger partial charge on any atom is -0.347 e. The number of nitrogens with zero attached hydrogens (tertiary/aromatic N) is 2. The predicted molar refractivity (Wildman–Crippen MR) is 92.3 cm³/mol. The third-order valence-corrected chi connectivity index (χ3v) is 4.42. The topological polar surface area (TPSA) is 81.1 Å². The van der Waals surface area contributed by atoms with Crippen LogP contribution in [0.4, 0.5) is 0 Å². The molecular formula is C19H15N3O3. The smallest absolute Gasteiger partial charge is 0.269 e. The number of hydrogen-bond donors (Lipinski definition) is 1. The Kier molecular flexibility index (Phi) is 3.65. The minimum absolute atomic E-state index is 0.0208. The average molecular weight is 333 g/mol. The zero-order chi connectivity index (χ0) is 17.4. The third kappa shape index (κ3) is 2.71. The molecule has 0 aliphatic heterocycles. The SMILES string of the molecule is O=C(Cn1c(=O)cnc2ccccc21)N[C@H]1CC(=O)c2ccccc21. The normalized spacial score (nSPS) is 16.0. The van der Waals surface area contributed by atoms with Crippen molar-refractivity contribution in [3.63, 3.8) is 0 Å². The molecule has 1 heterocycles. The summed E-state index contributed by atoms with van der Waals surface area (Å²) in [6, 6.07) is 14.1. The number of hydrogen-bond acceptors (Lipinski definition) is 4. The summed E-state index contributed by atoms with van der Waals surface area (Å²) in [7, 11) is 0. The van der Waals surface area contributed by atoms with Crippen LogP contribution in [0.5, 0.6) is 0 Å². The first-order valence-electron chi connectivity index (χ1n) is 7.99. The molecule has 1 aromatic heterocycles. The highest BCUT2D eigenvalue weighted by Crippen LogP contribution is 2.30. The Hall–Kier alpha value is -3.28. The first-order chi connectivity index (χ1) is 12.1. The fourth-order valence-corrected chi connectivity index (χ4v) is 3.25. The number of aromatic nitrogens is 2. The van der Waals surface area contributed by atoms with Crippen molar-refractivity contribution in [2.24, 2.45) is 0 Å². The molecule has 0 saturated carbocycles. The summed E-state index contributed by atoms with van der Waals surface area (Å²) in [6.45, 7) is -0.116. The van der Waals surface area contributed by atoms with Gasteiger partial charge in [-0.2, -0.15) is 0 Å². The van der Waals surface area contributed by atoms with Gasteiger partial charge in [0, 0.05) is 12.0 Å². The number of carbonyl (C=O) groups is 2. The molecule has 0 spiro atoms. The van der Waals surface area contributed by atoms with Crippen molar-refractivity contribution in [2.75, 3.05) is 0 Å². The number of Topliss-reactive ketones (excluding diaryl/α,β-unsaturated/α-hetero) is 1. The van der Waals surface area contributed by atoms with Crippen molar-refractivity contribution >= 4 is 22.7 Å².